The van der Waals surface area contributed by atoms with Gasteiger partial charge in [0.25, 0.3) is 0 Å². The van der Waals surface area contributed by atoms with Gasteiger partial charge in [-0.2, -0.15) is 4.98 Å². The van der Waals surface area contributed by atoms with Crippen LogP contribution in [0.1, 0.15) is 0 Å². The molecule has 2 aromatic heterocycles. The fourth-order valence-corrected chi connectivity index (χ4v) is 2.22. The van der Waals surface area contributed by atoms with E-state index in [-0.39, 0.29) is 11.8 Å². The first kappa shape index (κ1) is 13.5. The average Bonchev–Trinajstić information content (AvgIpc) is 2.48. The van der Waals surface area contributed by atoms with E-state index < -0.39 is 5.82 Å². The molecule has 0 unspecified atom stereocenters. The third-order valence-electron chi connectivity index (χ3n) is 3.28. The second-order valence-electron chi connectivity index (χ2n) is 4.66. The third-order valence-corrected chi connectivity index (χ3v) is 3.28. The molecule has 1 fully saturated rings. The van der Waals surface area contributed by atoms with Gasteiger partial charge in [-0.25, -0.2) is 14.4 Å². The Kier molecular flexibility index (Phi) is 3.53. The molecule has 0 spiro atoms. The second-order valence-corrected chi connectivity index (χ2v) is 4.66. The third kappa shape index (κ3) is 2.70. The Morgan fingerprint density at radius 1 is 1.14 bits per heavy atom. The van der Waals surface area contributed by atoms with Crippen LogP contribution in [0.5, 0.6) is 0 Å². The Morgan fingerprint density at radius 2 is 1.90 bits per heavy atom. The van der Waals surface area contributed by atoms with E-state index in [9.17, 15) is 4.39 Å². The summed E-state index contributed by atoms with van der Waals surface area (Å²) in [7, 11) is 0. The Morgan fingerprint density at radius 3 is 2.57 bits per heavy atom. The fraction of sp³-hybridized carbons (Fsp3) is 0.308. The van der Waals surface area contributed by atoms with Crippen LogP contribution < -0.4 is 16.4 Å². The largest absolute Gasteiger partial charge is 0.383 e. The van der Waals surface area contributed by atoms with Crippen LogP contribution in [0.2, 0.25) is 0 Å². The van der Waals surface area contributed by atoms with Gasteiger partial charge in [-0.15, -0.1) is 0 Å². The molecule has 110 valence electrons. The molecule has 3 heterocycles. The number of anilines is 3. The first-order chi connectivity index (χ1) is 10.1. The SMILES string of the molecule is Nc1ncc(-c2cnc(N3CCOCC3)c(F)c2)c(N)n1. The van der Waals surface area contributed by atoms with Crippen molar-refractivity contribution in [2.45, 2.75) is 0 Å². The van der Waals surface area contributed by atoms with Crippen LogP contribution in [0.15, 0.2) is 18.5 Å². The number of hydrogen-bond acceptors (Lipinski definition) is 7. The molecule has 7 nitrogen and oxygen atoms in total. The first-order valence-corrected chi connectivity index (χ1v) is 6.52. The minimum absolute atomic E-state index is 0.0784. The number of pyridine rings is 1. The maximum Gasteiger partial charge on any atom is 0.221 e. The van der Waals surface area contributed by atoms with Crippen LogP contribution in [-0.2, 0) is 4.74 Å². The van der Waals surface area contributed by atoms with Crippen molar-refractivity contribution in [3.05, 3.63) is 24.3 Å². The summed E-state index contributed by atoms with van der Waals surface area (Å²) in [5.74, 6) is 0.181. The van der Waals surface area contributed by atoms with E-state index in [0.717, 1.165) is 0 Å². The molecule has 0 amide bonds. The molecule has 0 bridgehead atoms. The summed E-state index contributed by atoms with van der Waals surface area (Å²) in [4.78, 5) is 13.8. The summed E-state index contributed by atoms with van der Waals surface area (Å²) >= 11 is 0. The smallest absolute Gasteiger partial charge is 0.221 e. The van der Waals surface area contributed by atoms with Crippen LogP contribution in [-0.4, -0.2) is 41.3 Å². The predicted octanol–water partition coefficient (Wildman–Crippen LogP) is 0.679. The minimum atomic E-state index is -0.411. The molecule has 0 aromatic carbocycles. The van der Waals surface area contributed by atoms with E-state index in [1.165, 1.54) is 12.3 Å². The van der Waals surface area contributed by atoms with Gasteiger partial charge in [0.1, 0.15) is 5.82 Å². The Balaban J connectivity index is 1.93. The second kappa shape index (κ2) is 5.49. The highest BCUT2D eigenvalue weighted by atomic mass is 19.1. The molecule has 1 aliphatic heterocycles. The molecule has 2 aromatic rings. The predicted molar refractivity (Wildman–Crippen MR) is 77.1 cm³/mol. The average molecular weight is 290 g/mol. The zero-order valence-electron chi connectivity index (χ0n) is 11.3. The van der Waals surface area contributed by atoms with Crippen molar-refractivity contribution in [3.63, 3.8) is 0 Å². The van der Waals surface area contributed by atoms with E-state index in [1.807, 2.05) is 4.90 Å². The van der Waals surface area contributed by atoms with Gasteiger partial charge in [0.2, 0.25) is 5.95 Å². The van der Waals surface area contributed by atoms with Crippen LogP contribution >= 0.6 is 0 Å². The lowest BCUT2D eigenvalue weighted by Gasteiger charge is -2.28. The molecule has 21 heavy (non-hydrogen) atoms. The van der Waals surface area contributed by atoms with E-state index in [4.69, 9.17) is 16.2 Å². The van der Waals surface area contributed by atoms with Gasteiger partial charge in [-0.05, 0) is 6.07 Å². The monoisotopic (exact) mass is 290 g/mol. The van der Waals surface area contributed by atoms with Crippen molar-refractivity contribution >= 4 is 17.6 Å². The highest BCUT2D eigenvalue weighted by molar-refractivity contribution is 5.73. The quantitative estimate of drug-likeness (QED) is 0.838. The summed E-state index contributed by atoms with van der Waals surface area (Å²) in [5.41, 5.74) is 12.2. The highest BCUT2D eigenvalue weighted by Gasteiger charge is 2.17. The van der Waals surface area contributed by atoms with Crippen LogP contribution in [0.25, 0.3) is 11.1 Å². The Labute approximate surface area is 120 Å². The number of halogens is 1. The molecule has 0 aliphatic carbocycles. The van der Waals surface area contributed by atoms with Crippen molar-refractivity contribution in [2.24, 2.45) is 0 Å². The lowest BCUT2D eigenvalue weighted by atomic mass is 10.1. The summed E-state index contributed by atoms with van der Waals surface area (Å²) in [6.45, 7) is 2.38. The van der Waals surface area contributed by atoms with Crippen molar-refractivity contribution in [1.29, 1.82) is 0 Å². The number of nitrogens with zero attached hydrogens (tertiary/aromatic N) is 4. The zero-order chi connectivity index (χ0) is 14.8. The number of hydrogen-bond donors (Lipinski definition) is 2. The van der Waals surface area contributed by atoms with E-state index in [2.05, 4.69) is 15.0 Å². The van der Waals surface area contributed by atoms with Crippen molar-refractivity contribution in [2.75, 3.05) is 42.7 Å². The molecule has 0 atom stereocenters. The number of nitrogens with two attached hydrogens (primary N) is 2. The van der Waals surface area contributed by atoms with Gasteiger partial charge in [-0.3, -0.25) is 0 Å². The zero-order valence-corrected chi connectivity index (χ0v) is 11.3. The van der Waals surface area contributed by atoms with Crippen molar-refractivity contribution in [3.8, 4) is 11.1 Å². The molecular weight excluding hydrogens is 275 g/mol. The lowest BCUT2D eigenvalue weighted by molar-refractivity contribution is 0.122. The van der Waals surface area contributed by atoms with Crippen LogP contribution in [0.3, 0.4) is 0 Å². The van der Waals surface area contributed by atoms with Gasteiger partial charge in [0, 0.05) is 36.6 Å². The maximum atomic E-state index is 14.3. The Bertz CT molecular complexity index is 659. The molecule has 0 saturated carbocycles. The standard InChI is InChI=1S/C13H15FN6O/c14-10-5-8(9-7-18-13(16)19-11(9)15)6-17-12(10)20-1-3-21-4-2-20/h5-7H,1-4H2,(H4,15,16,18,19). The molecule has 4 N–H and O–H groups in total. The van der Waals surface area contributed by atoms with Crippen molar-refractivity contribution < 1.29 is 9.13 Å². The van der Waals surface area contributed by atoms with Gasteiger partial charge in [-0.1, -0.05) is 0 Å². The van der Waals surface area contributed by atoms with E-state index in [0.29, 0.717) is 43.2 Å². The van der Waals surface area contributed by atoms with Crippen molar-refractivity contribution in [1.82, 2.24) is 15.0 Å². The molecule has 3 rings (SSSR count). The van der Waals surface area contributed by atoms with E-state index >= 15 is 0 Å². The fourth-order valence-electron chi connectivity index (χ4n) is 2.22. The Hall–Kier alpha value is -2.48. The normalized spacial score (nSPS) is 15.2. The number of aromatic nitrogens is 3. The molecule has 8 heteroatoms. The number of ether oxygens (including phenoxy) is 1. The summed E-state index contributed by atoms with van der Waals surface area (Å²) in [6, 6.07) is 1.38. The van der Waals surface area contributed by atoms with Gasteiger partial charge in [0.15, 0.2) is 11.6 Å². The topological polar surface area (TPSA) is 103 Å². The number of rotatable bonds is 2. The van der Waals surface area contributed by atoms with Gasteiger partial charge >= 0.3 is 0 Å². The minimum Gasteiger partial charge on any atom is -0.383 e. The molecule has 1 aliphatic rings. The summed E-state index contributed by atoms with van der Waals surface area (Å²) in [5, 5.41) is 0. The first-order valence-electron chi connectivity index (χ1n) is 6.52. The number of morpholine rings is 1. The molecular formula is C13H15FN6O. The van der Waals surface area contributed by atoms with Gasteiger partial charge < -0.3 is 21.1 Å². The molecule has 1 saturated heterocycles. The van der Waals surface area contributed by atoms with E-state index in [1.54, 1.807) is 6.20 Å². The van der Waals surface area contributed by atoms with Gasteiger partial charge in [0.05, 0.1) is 13.2 Å². The maximum absolute atomic E-state index is 14.3. The lowest BCUT2D eigenvalue weighted by Crippen LogP contribution is -2.37. The van der Waals surface area contributed by atoms with Crippen LogP contribution in [0.4, 0.5) is 22.0 Å². The summed E-state index contributed by atoms with van der Waals surface area (Å²) < 4.78 is 19.5. The molecule has 0 radical (unpaired) electrons. The summed E-state index contributed by atoms with van der Waals surface area (Å²) in [6.07, 6.45) is 3.02. The van der Waals surface area contributed by atoms with Crippen LogP contribution in [0, 0.1) is 5.82 Å². The highest BCUT2D eigenvalue weighted by Crippen LogP contribution is 2.27. The number of nitrogen functional groups attached to an aromatic ring is 2.